The van der Waals surface area contributed by atoms with Crippen LogP contribution in [0.4, 0.5) is 0 Å². The summed E-state index contributed by atoms with van der Waals surface area (Å²) in [5, 5.41) is 0. The van der Waals surface area contributed by atoms with Crippen molar-refractivity contribution in [3.05, 3.63) is 48.5 Å². The van der Waals surface area contributed by atoms with Crippen LogP contribution in [0.15, 0.2) is 48.5 Å². The first-order valence-electron chi connectivity index (χ1n) is 25.1. The zero-order chi connectivity index (χ0) is 47.5. The van der Waals surface area contributed by atoms with Gasteiger partial charge in [-0.05, 0) is 115 Å². The first kappa shape index (κ1) is 59.2. The number of hydrogen-bond acceptors (Lipinski definition) is 12. The Labute approximate surface area is 398 Å². The fraction of sp³-hybridized carbons (Fsp3) is 0.765. The van der Waals surface area contributed by atoms with Crippen molar-refractivity contribution in [2.24, 2.45) is 10.8 Å². The van der Waals surface area contributed by atoms with Crippen molar-refractivity contribution in [3.63, 3.8) is 0 Å². The second-order valence-corrected chi connectivity index (χ2v) is 22.6. The van der Waals surface area contributed by atoms with Crippen molar-refractivity contribution in [1.82, 2.24) is 0 Å². The van der Waals surface area contributed by atoms with E-state index in [-0.39, 0.29) is 10.8 Å². The van der Waals surface area contributed by atoms with Crippen molar-refractivity contribution >= 4 is 17.6 Å². The molecule has 376 valence electrons. The Hall–Kier alpha value is -1.93. The van der Waals surface area contributed by atoms with Crippen LogP contribution in [0.25, 0.3) is 11.1 Å². The van der Waals surface area contributed by atoms with Crippen molar-refractivity contribution < 1.29 is 55.0 Å². The third kappa shape index (κ3) is 23.8. The molecule has 0 aromatic heterocycles. The van der Waals surface area contributed by atoms with E-state index in [0.717, 1.165) is 99.3 Å². The number of hydrogen-bond donors (Lipinski definition) is 0. The van der Waals surface area contributed by atoms with Gasteiger partial charge < -0.3 is 55.0 Å². The van der Waals surface area contributed by atoms with Gasteiger partial charge in [-0.3, -0.25) is 0 Å². The van der Waals surface area contributed by atoms with Gasteiger partial charge in [0.05, 0.1) is 39.6 Å². The second-order valence-electron chi connectivity index (χ2n) is 17.1. The van der Waals surface area contributed by atoms with Gasteiger partial charge in [0, 0.05) is 89.5 Å². The fourth-order valence-electron chi connectivity index (χ4n) is 7.80. The van der Waals surface area contributed by atoms with Gasteiger partial charge in [-0.1, -0.05) is 70.7 Å². The molecule has 0 aliphatic heterocycles. The summed E-state index contributed by atoms with van der Waals surface area (Å²) >= 11 is 0. The predicted molar refractivity (Wildman–Crippen MR) is 266 cm³/mol. The number of unbranched alkanes of at least 4 members (excludes halogenated alkanes) is 5. The maximum atomic E-state index is 6.29. The van der Waals surface area contributed by atoms with E-state index in [0.29, 0.717) is 85.9 Å². The molecule has 65 heavy (non-hydrogen) atoms. The average molecular weight is 953 g/mol. The fourth-order valence-corrected chi connectivity index (χ4v) is 13.0. The summed E-state index contributed by atoms with van der Waals surface area (Å²) in [6.07, 6.45) is 10.4. The SMILES string of the molecule is CCO[Si](CCCOCC(C)(COCCCCCCCCOc1ccc(-c2ccc(OCC(CC)(CC)COC)cc2)cc1)COCCC[Si](OCC)(OCC)OCC)(OCC)OCC. The smallest absolute Gasteiger partial charge is 0.494 e. The quantitative estimate of drug-likeness (QED) is 0.0466. The van der Waals surface area contributed by atoms with E-state index >= 15 is 0 Å². The van der Waals surface area contributed by atoms with Crippen molar-refractivity contribution in [3.8, 4) is 22.6 Å². The van der Waals surface area contributed by atoms with Crippen LogP contribution >= 0.6 is 0 Å². The van der Waals surface area contributed by atoms with Crippen LogP contribution in [0, 0.1) is 10.8 Å². The highest BCUT2D eigenvalue weighted by Crippen LogP contribution is 2.30. The molecule has 0 spiro atoms. The van der Waals surface area contributed by atoms with Crippen LogP contribution in [0.2, 0.25) is 12.1 Å². The summed E-state index contributed by atoms with van der Waals surface area (Å²) in [6.45, 7) is 27.5. The van der Waals surface area contributed by atoms with E-state index in [4.69, 9.17) is 55.0 Å². The van der Waals surface area contributed by atoms with Gasteiger partial charge in [0.15, 0.2) is 0 Å². The maximum Gasteiger partial charge on any atom is 0.501 e. The van der Waals surface area contributed by atoms with E-state index < -0.39 is 17.6 Å². The van der Waals surface area contributed by atoms with Crippen LogP contribution in [-0.2, 0) is 45.5 Å². The minimum Gasteiger partial charge on any atom is -0.494 e. The van der Waals surface area contributed by atoms with Gasteiger partial charge in [-0.2, -0.15) is 0 Å². The predicted octanol–water partition coefficient (Wildman–Crippen LogP) is 11.8. The largest absolute Gasteiger partial charge is 0.501 e. The summed E-state index contributed by atoms with van der Waals surface area (Å²) < 4.78 is 72.8. The third-order valence-corrected chi connectivity index (χ3v) is 17.9. The topological polar surface area (TPSA) is 111 Å². The van der Waals surface area contributed by atoms with E-state index in [9.17, 15) is 0 Å². The van der Waals surface area contributed by atoms with Gasteiger partial charge in [-0.15, -0.1) is 0 Å². The average Bonchev–Trinajstić information content (AvgIpc) is 3.30. The lowest BCUT2D eigenvalue weighted by Gasteiger charge is -2.31. The normalized spacial score (nSPS) is 12.6. The molecule has 2 aromatic rings. The zero-order valence-corrected chi connectivity index (χ0v) is 44.6. The Morgan fingerprint density at radius 2 is 0.754 bits per heavy atom. The van der Waals surface area contributed by atoms with Gasteiger partial charge >= 0.3 is 17.6 Å². The minimum atomic E-state index is -2.71. The third-order valence-electron chi connectivity index (χ3n) is 11.6. The molecular weight excluding hydrogens is 861 g/mol. The molecule has 0 saturated carbocycles. The maximum absolute atomic E-state index is 6.29. The molecule has 14 heteroatoms. The molecule has 0 amide bonds. The summed E-state index contributed by atoms with van der Waals surface area (Å²) in [7, 11) is -3.65. The molecule has 0 aliphatic rings. The molecule has 2 aromatic carbocycles. The second kappa shape index (κ2) is 35.2. The number of ether oxygens (including phenoxy) is 6. The Balaban J connectivity index is 1.74. The van der Waals surface area contributed by atoms with Gasteiger partial charge in [0.25, 0.3) is 0 Å². The molecule has 0 atom stereocenters. The van der Waals surface area contributed by atoms with Crippen LogP contribution in [0.1, 0.15) is 127 Å². The number of benzene rings is 2. The summed E-state index contributed by atoms with van der Waals surface area (Å²) in [5.74, 6) is 1.79. The Kier molecular flexibility index (Phi) is 32.1. The van der Waals surface area contributed by atoms with Gasteiger partial charge in [0.2, 0.25) is 0 Å². The molecule has 0 heterocycles. The molecule has 0 unspecified atom stereocenters. The molecule has 0 bridgehead atoms. The first-order chi connectivity index (χ1) is 31.6. The van der Waals surface area contributed by atoms with E-state index in [2.05, 4.69) is 69.3 Å². The lowest BCUT2D eigenvalue weighted by Crippen LogP contribution is -2.46. The molecule has 0 saturated heterocycles. The molecular formula is C51H92O12Si2. The highest BCUT2D eigenvalue weighted by Gasteiger charge is 2.41. The lowest BCUT2D eigenvalue weighted by atomic mass is 9.84. The van der Waals surface area contributed by atoms with E-state index in [1.165, 1.54) is 12.8 Å². The van der Waals surface area contributed by atoms with E-state index in [1.807, 2.05) is 41.5 Å². The number of rotatable bonds is 44. The summed E-state index contributed by atoms with van der Waals surface area (Å²) in [4.78, 5) is 0. The van der Waals surface area contributed by atoms with Gasteiger partial charge in [-0.25, -0.2) is 0 Å². The van der Waals surface area contributed by atoms with E-state index in [1.54, 1.807) is 7.11 Å². The highest BCUT2D eigenvalue weighted by atomic mass is 28.4. The minimum absolute atomic E-state index is 0.0467. The summed E-state index contributed by atoms with van der Waals surface area (Å²) in [5.41, 5.74) is 2.06. The van der Waals surface area contributed by atoms with Crippen LogP contribution in [0.3, 0.4) is 0 Å². The molecule has 0 N–H and O–H groups in total. The van der Waals surface area contributed by atoms with Crippen LogP contribution < -0.4 is 9.47 Å². The Morgan fingerprint density at radius 3 is 1.12 bits per heavy atom. The first-order valence-corrected chi connectivity index (χ1v) is 29.0. The monoisotopic (exact) mass is 953 g/mol. The highest BCUT2D eigenvalue weighted by molar-refractivity contribution is 6.61. The molecule has 2 rings (SSSR count). The summed E-state index contributed by atoms with van der Waals surface area (Å²) in [6, 6.07) is 18.2. The molecule has 0 radical (unpaired) electrons. The zero-order valence-electron chi connectivity index (χ0n) is 42.6. The standard InChI is InChI=1S/C51H92O12Si2/c1-11-51(12-2,44-52-10)45-57-49-33-29-47(30-34-49)46-27-31-48(32-28-46)56-38-24-22-20-19-21-23-35-53-41-50(9,42-54-36-25-39-64(58-13-3,59-14-4)60-15-5)43-55-37-26-40-65(61-16-6,62-17-7)63-18-8/h27-34H,11-26,35-45H2,1-10H3. The molecule has 0 fully saturated rings. The molecule has 0 aliphatic carbocycles. The van der Waals surface area contributed by atoms with Crippen molar-refractivity contribution in [2.75, 3.05) is 106 Å². The lowest BCUT2D eigenvalue weighted by molar-refractivity contribution is -0.0610. The Bertz CT molecular complexity index is 1340. The van der Waals surface area contributed by atoms with Crippen molar-refractivity contribution in [1.29, 1.82) is 0 Å². The van der Waals surface area contributed by atoms with Crippen LogP contribution in [-0.4, -0.2) is 124 Å². The number of methoxy groups -OCH3 is 1. The van der Waals surface area contributed by atoms with Crippen LogP contribution in [0.5, 0.6) is 11.5 Å². The molecule has 12 nitrogen and oxygen atoms in total. The van der Waals surface area contributed by atoms with Crippen molar-refractivity contribution in [2.45, 2.75) is 139 Å². The van der Waals surface area contributed by atoms with Gasteiger partial charge in [0.1, 0.15) is 11.5 Å². The Morgan fingerprint density at radius 1 is 0.400 bits per heavy atom.